The Morgan fingerprint density at radius 1 is 1.47 bits per heavy atom. The van der Waals surface area contributed by atoms with Crippen LogP contribution in [0.2, 0.25) is 0 Å². The second-order valence-corrected chi connectivity index (χ2v) is 4.71. The average Bonchev–Trinajstić information content (AvgIpc) is 2.93. The van der Waals surface area contributed by atoms with Gasteiger partial charge in [-0.3, -0.25) is 4.79 Å². The van der Waals surface area contributed by atoms with Crippen LogP contribution in [0, 0.1) is 0 Å². The number of rotatable bonds is 4. The number of hydrogen-bond acceptors (Lipinski definition) is 5. The molecule has 0 atom stereocenters. The van der Waals surface area contributed by atoms with Gasteiger partial charge >= 0.3 is 5.97 Å². The van der Waals surface area contributed by atoms with Crippen molar-refractivity contribution in [3.8, 4) is 10.6 Å². The molecule has 5 nitrogen and oxygen atoms in total. The molecule has 6 heteroatoms. The van der Waals surface area contributed by atoms with Crippen LogP contribution in [0.5, 0.6) is 0 Å². The number of carbonyl (C=O) groups excluding carboxylic acids is 1. The van der Waals surface area contributed by atoms with Gasteiger partial charge in [0, 0.05) is 6.54 Å². The van der Waals surface area contributed by atoms with Crippen molar-refractivity contribution in [1.82, 2.24) is 9.78 Å². The minimum atomic E-state index is -0.602. The molecule has 0 spiro atoms. The molecule has 0 aliphatic carbocycles. The second-order valence-electron chi connectivity index (χ2n) is 3.76. The molecule has 0 saturated heterocycles. The predicted molar refractivity (Wildman–Crippen MR) is 73.4 cm³/mol. The van der Waals surface area contributed by atoms with Crippen molar-refractivity contribution in [3.63, 3.8) is 0 Å². The van der Waals surface area contributed by atoms with E-state index in [4.69, 9.17) is 4.74 Å². The molecule has 0 bridgehead atoms. The van der Waals surface area contributed by atoms with E-state index in [0.717, 1.165) is 4.88 Å². The standard InChI is InChI=1S/C13H14N2O3S/c1-3-15-12(16)9(13(17)18-4-2)8-10(14-15)11-6-5-7-19-11/h5-8H,3-4H2,1-2H3. The zero-order chi connectivity index (χ0) is 13.8. The molecule has 0 aliphatic rings. The molecule has 0 radical (unpaired) electrons. The fourth-order valence-electron chi connectivity index (χ4n) is 1.66. The Labute approximate surface area is 114 Å². The minimum absolute atomic E-state index is 0.0297. The Hall–Kier alpha value is -1.95. The van der Waals surface area contributed by atoms with Crippen molar-refractivity contribution in [2.45, 2.75) is 20.4 Å². The van der Waals surface area contributed by atoms with Gasteiger partial charge in [-0.15, -0.1) is 11.3 Å². The minimum Gasteiger partial charge on any atom is -0.462 e. The van der Waals surface area contributed by atoms with Crippen LogP contribution in [0.4, 0.5) is 0 Å². The summed E-state index contributed by atoms with van der Waals surface area (Å²) in [5.74, 6) is -0.602. The van der Waals surface area contributed by atoms with E-state index in [0.29, 0.717) is 12.2 Å². The smallest absolute Gasteiger partial charge is 0.343 e. The van der Waals surface area contributed by atoms with Gasteiger partial charge in [0.15, 0.2) is 0 Å². The van der Waals surface area contributed by atoms with E-state index in [1.165, 1.54) is 22.1 Å². The highest BCUT2D eigenvalue weighted by Gasteiger charge is 2.17. The van der Waals surface area contributed by atoms with E-state index in [-0.39, 0.29) is 12.2 Å². The van der Waals surface area contributed by atoms with Gasteiger partial charge in [0.1, 0.15) is 11.3 Å². The summed E-state index contributed by atoms with van der Waals surface area (Å²) in [7, 11) is 0. The molecule has 0 aliphatic heterocycles. The quantitative estimate of drug-likeness (QED) is 0.804. The molecule has 2 aromatic rings. The number of esters is 1. The lowest BCUT2D eigenvalue weighted by Gasteiger charge is -2.07. The van der Waals surface area contributed by atoms with Gasteiger partial charge in [-0.25, -0.2) is 9.48 Å². The van der Waals surface area contributed by atoms with Crippen molar-refractivity contribution >= 4 is 17.3 Å². The summed E-state index contributed by atoms with van der Waals surface area (Å²) in [6, 6.07) is 5.29. The normalized spacial score (nSPS) is 10.4. The van der Waals surface area contributed by atoms with Crippen molar-refractivity contribution in [3.05, 3.63) is 39.5 Å². The first-order valence-electron chi connectivity index (χ1n) is 6.00. The van der Waals surface area contributed by atoms with Crippen LogP contribution in [-0.4, -0.2) is 22.4 Å². The summed E-state index contributed by atoms with van der Waals surface area (Å²) in [5, 5.41) is 6.16. The number of nitrogens with zero attached hydrogens (tertiary/aromatic N) is 2. The van der Waals surface area contributed by atoms with Crippen LogP contribution in [-0.2, 0) is 11.3 Å². The highest BCUT2D eigenvalue weighted by Crippen LogP contribution is 2.22. The van der Waals surface area contributed by atoms with Crippen molar-refractivity contribution < 1.29 is 9.53 Å². The Bertz CT molecular complexity index is 632. The lowest BCUT2D eigenvalue weighted by atomic mass is 10.2. The largest absolute Gasteiger partial charge is 0.462 e. The third-order valence-electron chi connectivity index (χ3n) is 2.54. The number of thiophene rings is 1. The molecular formula is C13H14N2O3S. The van der Waals surface area contributed by atoms with Gasteiger partial charge < -0.3 is 4.74 Å². The van der Waals surface area contributed by atoms with E-state index in [1.807, 2.05) is 24.4 Å². The molecule has 0 aromatic carbocycles. The summed E-state index contributed by atoms with van der Waals surface area (Å²) in [6.45, 7) is 4.16. The maximum Gasteiger partial charge on any atom is 0.343 e. The first-order chi connectivity index (χ1) is 9.17. The summed E-state index contributed by atoms with van der Waals surface area (Å²) in [5.41, 5.74) is 0.225. The topological polar surface area (TPSA) is 61.2 Å². The summed E-state index contributed by atoms with van der Waals surface area (Å²) in [4.78, 5) is 24.7. The lowest BCUT2D eigenvalue weighted by molar-refractivity contribution is 0.0523. The maximum atomic E-state index is 12.0. The van der Waals surface area contributed by atoms with Crippen molar-refractivity contribution in [2.24, 2.45) is 0 Å². The van der Waals surface area contributed by atoms with E-state index in [1.54, 1.807) is 6.92 Å². The molecule has 0 fully saturated rings. The first-order valence-corrected chi connectivity index (χ1v) is 6.88. The Kier molecular flexibility index (Phi) is 4.11. The number of carbonyl (C=O) groups is 1. The Morgan fingerprint density at radius 2 is 2.26 bits per heavy atom. The van der Waals surface area contributed by atoms with Gasteiger partial charge in [-0.1, -0.05) is 6.07 Å². The predicted octanol–water partition coefficient (Wildman–Crippen LogP) is 2.17. The zero-order valence-electron chi connectivity index (χ0n) is 10.8. The van der Waals surface area contributed by atoms with Gasteiger partial charge in [0.25, 0.3) is 5.56 Å². The molecule has 0 N–H and O–H groups in total. The lowest BCUT2D eigenvalue weighted by Crippen LogP contribution is -2.29. The van der Waals surface area contributed by atoms with Crippen LogP contribution in [0.3, 0.4) is 0 Å². The fraction of sp³-hybridized carbons (Fsp3) is 0.308. The average molecular weight is 278 g/mol. The number of aryl methyl sites for hydroxylation is 1. The molecule has 0 amide bonds. The van der Waals surface area contributed by atoms with Crippen LogP contribution >= 0.6 is 11.3 Å². The summed E-state index contributed by atoms with van der Waals surface area (Å²) < 4.78 is 6.18. The zero-order valence-corrected chi connectivity index (χ0v) is 11.6. The van der Waals surface area contributed by atoms with Crippen molar-refractivity contribution in [2.75, 3.05) is 6.61 Å². The van der Waals surface area contributed by atoms with E-state index in [9.17, 15) is 9.59 Å². The Morgan fingerprint density at radius 3 is 2.84 bits per heavy atom. The second kappa shape index (κ2) is 5.79. The van der Waals surface area contributed by atoms with Gasteiger partial charge in [0.2, 0.25) is 0 Å². The summed E-state index contributed by atoms with van der Waals surface area (Å²) >= 11 is 1.50. The van der Waals surface area contributed by atoms with E-state index >= 15 is 0 Å². The Balaban J connectivity index is 2.56. The van der Waals surface area contributed by atoms with Crippen LogP contribution in [0.25, 0.3) is 10.6 Å². The number of aromatic nitrogens is 2. The highest BCUT2D eigenvalue weighted by molar-refractivity contribution is 7.13. The molecule has 100 valence electrons. The third kappa shape index (κ3) is 2.73. The van der Waals surface area contributed by atoms with Crippen LogP contribution in [0.1, 0.15) is 24.2 Å². The monoisotopic (exact) mass is 278 g/mol. The van der Waals surface area contributed by atoms with Gasteiger partial charge in [0.05, 0.1) is 11.5 Å². The fourth-order valence-corrected chi connectivity index (χ4v) is 2.34. The van der Waals surface area contributed by atoms with Crippen LogP contribution in [0.15, 0.2) is 28.4 Å². The van der Waals surface area contributed by atoms with Crippen molar-refractivity contribution in [1.29, 1.82) is 0 Å². The highest BCUT2D eigenvalue weighted by atomic mass is 32.1. The molecular weight excluding hydrogens is 264 g/mol. The molecule has 2 rings (SSSR count). The van der Waals surface area contributed by atoms with E-state index in [2.05, 4.69) is 5.10 Å². The number of ether oxygens (including phenoxy) is 1. The molecule has 2 heterocycles. The molecule has 19 heavy (non-hydrogen) atoms. The van der Waals surface area contributed by atoms with Gasteiger partial charge in [-0.2, -0.15) is 5.10 Å². The third-order valence-corrected chi connectivity index (χ3v) is 3.44. The summed E-state index contributed by atoms with van der Waals surface area (Å²) in [6.07, 6.45) is 0. The first kappa shape index (κ1) is 13.5. The molecule has 0 unspecified atom stereocenters. The number of hydrogen-bond donors (Lipinski definition) is 0. The van der Waals surface area contributed by atoms with Crippen LogP contribution < -0.4 is 5.56 Å². The SMILES string of the molecule is CCOC(=O)c1cc(-c2cccs2)nn(CC)c1=O. The van der Waals surface area contributed by atoms with Gasteiger partial charge in [-0.05, 0) is 31.4 Å². The maximum absolute atomic E-state index is 12.0. The molecule has 0 saturated carbocycles. The van der Waals surface area contributed by atoms with E-state index < -0.39 is 11.5 Å². The molecule has 2 aromatic heterocycles.